The summed E-state index contributed by atoms with van der Waals surface area (Å²) >= 11 is 0. The molecule has 0 bridgehead atoms. The number of likely N-dealkylation sites (tertiary alicyclic amines) is 1. The lowest BCUT2D eigenvalue weighted by Crippen LogP contribution is -2.42. The van der Waals surface area contributed by atoms with Crippen LogP contribution >= 0.6 is 0 Å². The summed E-state index contributed by atoms with van der Waals surface area (Å²) in [5, 5.41) is 0. The molecule has 6 heteroatoms. The van der Waals surface area contributed by atoms with Gasteiger partial charge < -0.3 is 14.6 Å². The molecule has 2 aromatic carbocycles. The van der Waals surface area contributed by atoms with Gasteiger partial charge in [0.1, 0.15) is 17.4 Å². The number of piperidine rings is 1. The third-order valence-electron chi connectivity index (χ3n) is 5.96. The molecule has 1 aliphatic rings. The van der Waals surface area contributed by atoms with Gasteiger partial charge in [-0.3, -0.25) is 4.79 Å². The van der Waals surface area contributed by atoms with Crippen LogP contribution in [-0.2, 0) is 11.2 Å². The highest BCUT2D eigenvalue weighted by atomic mass is 19.1. The molecule has 2 heterocycles. The van der Waals surface area contributed by atoms with Crippen LogP contribution in [0.5, 0.6) is 5.75 Å². The Kier molecular flexibility index (Phi) is 6.35. The standard InChI is InChI=1S/C25H28FN3O2/c1-17(14-18-9-11-21(31-2)12-10-18)25(30)29-13-4-3-8-23(29)24-27-16-22(28-24)19-6-5-7-20(26)15-19/h5-7,9-12,15-17,23H,3-4,8,13-14H2,1-2H3,(H,27,28). The van der Waals surface area contributed by atoms with Crippen molar-refractivity contribution < 1.29 is 13.9 Å². The maximum Gasteiger partial charge on any atom is 0.226 e. The lowest BCUT2D eigenvalue weighted by atomic mass is 9.95. The number of hydrogen-bond acceptors (Lipinski definition) is 3. The first kappa shape index (κ1) is 21.1. The second-order valence-corrected chi connectivity index (χ2v) is 8.19. The van der Waals surface area contributed by atoms with Gasteiger partial charge in [0.2, 0.25) is 5.91 Å². The number of aromatic nitrogens is 2. The van der Waals surface area contributed by atoms with Gasteiger partial charge in [0, 0.05) is 18.0 Å². The maximum atomic E-state index is 13.6. The fraction of sp³-hybridized carbons (Fsp3) is 0.360. The van der Waals surface area contributed by atoms with Crippen LogP contribution in [0.3, 0.4) is 0 Å². The van der Waals surface area contributed by atoms with Gasteiger partial charge in [-0.05, 0) is 55.5 Å². The van der Waals surface area contributed by atoms with Crippen molar-refractivity contribution in [1.29, 1.82) is 0 Å². The molecule has 0 radical (unpaired) electrons. The first-order valence-electron chi connectivity index (χ1n) is 10.8. The number of H-pyrrole nitrogens is 1. The van der Waals surface area contributed by atoms with E-state index in [0.29, 0.717) is 6.42 Å². The first-order valence-corrected chi connectivity index (χ1v) is 10.8. The molecule has 1 fully saturated rings. The van der Waals surface area contributed by atoms with Crippen molar-refractivity contribution in [3.05, 3.63) is 71.9 Å². The Labute approximate surface area is 182 Å². The highest BCUT2D eigenvalue weighted by molar-refractivity contribution is 5.79. The van der Waals surface area contributed by atoms with E-state index in [1.54, 1.807) is 19.4 Å². The third kappa shape index (κ3) is 4.79. The van der Waals surface area contributed by atoms with Gasteiger partial charge in [-0.2, -0.15) is 0 Å². The largest absolute Gasteiger partial charge is 0.497 e. The average Bonchev–Trinajstić information content (AvgIpc) is 3.29. The number of halogens is 1. The molecule has 1 aliphatic heterocycles. The predicted octanol–water partition coefficient (Wildman–Crippen LogP) is 5.16. The molecular formula is C25H28FN3O2. The number of aromatic amines is 1. The molecule has 1 aromatic heterocycles. The second kappa shape index (κ2) is 9.33. The number of carbonyl (C=O) groups excluding carboxylic acids is 1. The minimum Gasteiger partial charge on any atom is -0.497 e. The van der Waals surface area contributed by atoms with E-state index in [-0.39, 0.29) is 23.7 Å². The van der Waals surface area contributed by atoms with Crippen LogP contribution in [0.4, 0.5) is 4.39 Å². The number of methoxy groups -OCH3 is 1. The van der Waals surface area contributed by atoms with Crippen LogP contribution < -0.4 is 4.74 Å². The average molecular weight is 422 g/mol. The van der Waals surface area contributed by atoms with E-state index in [2.05, 4.69) is 9.97 Å². The summed E-state index contributed by atoms with van der Waals surface area (Å²) < 4.78 is 18.8. The van der Waals surface area contributed by atoms with Gasteiger partial charge in [0.15, 0.2) is 0 Å². The van der Waals surface area contributed by atoms with Gasteiger partial charge >= 0.3 is 0 Å². The highest BCUT2D eigenvalue weighted by Crippen LogP contribution is 2.32. The normalized spacial score (nSPS) is 17.4. The number of nitrogens with one attached hydrogen (secondary N) is 1. The zero-order valence-corrected chi connectivity index (χ0v) is 18.0. The quantitative estimate of drug-likeness (QED) is 0.598. The van der Waals surface area contributed by atoms with E-state index in [0.717, 1.165) is 54.2 Å². The van der Waals surface area contributed by atoms with Crippen LogP contribution in [0, 0.1) is 11.7 Å². The fourth-order valence-electron chi connectivity index (χ4n) is 4.27. The van der Waals surface area contributed by atoms with Crippen LogP contribution in [0.2, 0.25) is 0 Å². The number of carbonyl (C=O) groups is 1. The van der Waals surface area contributed by atoms with Gasteiger partial charge in [-0.15, -0.1) is 0 Å². The monoisotopic (exact) mass is 421 g/mol. The summed E-state index contributed by atoms with van der Waals surface area (Å²) in [6.45, 7) is 2.71. The number of rotatable bonds is 6. The molecular weight excluding hydrogens is 393 g/mol. The van der Waals surface area contributed by atoms with Crippen molar-refractivity contribution >= 4 is 5.91 Å². The van der Waals surface area contributed by atoms with Crippen molar-refractivity contribution in [2.45, 2.75) is 38.6 Å². The van der Waals surface area contributed by atoms with E-state index >= 15 is 0 Å². The molecule has 5 nitrogen and oxygen atoms in total. The van der Waals surface area contributed by atoms with E-state index in [9.17, 15) is 9.18 Å². The molecule has 2 unspecified atom stereocenters. The molecule has 31 heavy (non-hydrogen) atoms. The number of ether oxygens (including phenoxy) is 1. The van der Waals surface area contributed by atoms with Crippen molar-refractivity contribution in [2.24, 2.45) is 5.92 Å². The summed E-state index contributed by atoms with van der Waals surface area (Å²) in [6, 6.07) is 14.2. The molecule has 3 aromatic rings. The second-order valence-electron chi connectivity index (χ2n) is 8.19. The molecule has 1 amide bonds. The smallest absolute Gasteiger partial charge is 0.226 e. The Morgan fingerprint density at radius 3 is 2.81 bits per heavy atom. The highest BCUT2D eigenvalue weighted by Gasteiger charge is 2.32. The van der Waals surface area contributed by atoms with Gasteiger partial charge in [-0.25, -0.2) is 9.37 Å². The van der Waals surface area contributed by atoms with Crippen molar-refractivity contribution in [2.75, 3.05) is 13.7 Å². The maximum absolute atomic E-state index is 13.6. The molecule has 4 rings (SSSR count). The van der Waals surface area contributed by atoms with Crippen LogP contribution in [-0.4, -0.2) is 34.4 Å². The minimum atomic E-state index is -0.282. The van der Waals surface area contributed by atoms with Crippen molar-refractivity contribution in [1.82, 2.24) is 14.9 Å². The van der Waals surface area contributed by atoms with Crippen LogP contribution in [0.25, 0.3) is 11.3 Å². The van der Waals surface area contributed by atoms with Gasteiger partial charge in [0.05, 0.1) is 25.0 Å². The number of hydrogen-bond donors (Lipinski definition) is 1. The van der Waals surface area contributed by atoms with Crippen LogP contribution in [0.15, 0.2) is 54.7 Å². The third-order valence-corrected chi connectivity index (χ3v) is 5.96. The minimum absolute atomic E-state index is 0.0816. The van der Waals surface area contributed by atoms with E-state index in [1.165, 1.54) is 12.1 Å². The Morgan fingerprint density at radius 2 is 2.06 bits per heavy atom. The number of amides is 1. The molecule has 2 atom stereocenters. The summed E-state index contributed by atoms with van der Waals surface area (Å²) in [6.07, 6.45) is 5.32. The SMILES string of the molecule is COc1ccc(CC(C)C(=O)N2CCCCC2c2ncc(-c3cccc(F)c3)[nH]2)cc1. The zero-order chi connectivity index (χ0) is 21.8. The predicted molar refractivity (Wildman–Crippen MR) is 118 cm³/mol. The Bertz CT molecular complexity index is 1030. The molecule has 0 saturated carbocycles. The number of benzene rings is 2. The molecule has 1 saturated heterocycles. The van der Waals surface area contributed by atoms with Crippen LogP contribution in [0.1, 0.15) is 43.6 Å². The topological polar surface area (TPSA) is 58.2 Å². The Hall–Kier alpha value is -3.15. The Morgan fingerprint density at radius 1 is 1.26 bits per heavy atom. The lowest BCUT2D eigenvalue weighted by molar-refractivity contribution is -0.139. The van der Waals surface area contributed by atoms with E-state index in [1.807, 2.05) is 42.2 Å². The molecule has 0 spiro atoms. The lowest BCUT2D eigenvalue weighted by Gasteiger charge is -2.36. The molecule has 162 valence electrons. The zero-order valence-electron chi connectivity index (χ0n) is 18.0. The van der Waals surface area contributed by atoms with Gasteiger partial charge in [0.25, 0.3) is 0 Å². The molecule has 1 N–H and O–H groups in total. The number of nitrogens with zero attached hydrogens (tertiary/aromatic N) is 2. The van der Waals surface area contributed by atoms with E-state index in [4.69, 9.17) is 4.74 Å². The summed E-state index contributed by atoms with van der Waals surface area (Å²) in [5.41, 5.74) is 2.63. The summed E-state index contributed by atoms with van der Waals surface area (Å²) in [4.78, 5) is 23.2. The van der Waals surface area contributed by atoms with E-state index < -0.39 is 0 Å². The molecule has 0 aliphatic carbocycles. The number of imidazole rings is 1. The first-order chi connectivity index (χ1) is 15.0. The fourth-order valence-corrected chi connectivity index (χ4v) is 4.27. The Balaban J connectivity index is 1.49. The van der Waals surface area contributed by atoms with Crippen molar-refractivity contribution in [3.8, 4) is 17.0 Å². The summed E-state index contributed by atoms with van der Waals surface area (Å²) in [5.74, 6) is 1.31. The van der Waals surface area contributed by atoms with Crippen molar-refractivity contribution in [3.63, 3.8) is 0 Å². The van der Waals surface area contributed by atoms with Gasteiger partial charge in [-0.1, -0.05) is 31.2 Å². The summed E-state index contributed by atoms with van der Waals surface area (Å²) in [7, 11) is 1.64.